The first-order valence-corrected chi connectivity index (χ1v) is 8.92. The van der Waals surface area contributed by atoms with Crippen LogP contribution in [-0.4, -0.2) is 28.4 Å². The van der Waals surface area contributed by atoms with Crippen molar-refractivity contribution >= 4 is 34.9 Å². The molecule has 3 nitrogen and oxygen atoms in total. The van der Waals surface area contributed by atoms with Crippen LogP contribution in [0.1, 0.15) is 51.4 Å². The van der Waals surface area contributed by atoms with Gasteiger partial charge in [-0.3, -0.25) is 4.79 Å². The second-order valence-electron chi connectivity index (χ2n) is 5.85. The van der Waals surface area contributed by atoms with Crippen molar-refractivity contribution in [2.45, 2.75) is 62.7 Å². The van der Waals surface area contributed by atoms with Crippen LogP contribution < -0.4 is 11.1 Å². The Morgan fingerprint density at radius 2 is 2.00 bits per heavy atom. The lowest BCUT2D eigenvalue weighted by atomic mass is 9.84. The van der Waals surface area contributed by atoms with E-state index in [1.165, 1.54) is 12.8 Å². The zero-order valence-corrected chi connectivity index (χ0v) is 13.2. The van der Waals surface area contributed by atoms with Gasteiger partial charge in [0.15, 0.2) is 0 Å². The van der Waals surface area contributed by atoms with E-state index in [1.807, 2.05) is 11.8 Å². The molecule has 2 atom stereocenters. The summed E-state index contributed by atoms with van der Waals surface area (Å²) in [5.74, 6) is 0.0873. The van der Waals surface area contributed by atoms with Crippen LogP contribution in [-0.2, 0) is 4.79 Å². The Morgan fingerprint density at radius 1 is 1.32 bits per heavy atom. The third kappa shape index (κ3) is 3.24. The number of nitrogens with one attached hydrogen (secondary N) is 1. The highest BCUT2D eigenvalue weighted by Crippen LogP contribution is 2.39. The van der Waals surface area contributed by atoms with Crippen LogP contribution in [0.15, 0.2) is 0 Å². The Morgan fingerprint density at radius 3 is 2.58 bits per heavy atom. The van der Waals surface area contributed by atoms with Crippen molar-refractivity contribution in [2.75, 3.05) is 6.26 Å². The lowest BCUT2D eigenvalue weighted by Gasteiger charge is -2.33. The molecule has 108 valence electrons. The summed E-state index contributed by atoms with van der Waals surface area (Å²) in [6, 6.07) is 0.311. The highest BCUT2D eigenvalue weighted by atomic mass is 32.2. The van der Waals surface area contributed by atoms with Crippen molar-refractivity contribution in [3.8, 4) is 0 Å². The van der Waals surface area contributed by atoms with Gasteiger partial charge in [-0.05, 0) is 38.4 Å². The molecule has 0 aromatic rings. The molecule has 5 heteroatoms. The molecule has 0 saturated heterocycles. The fraction of sp³-hybridized carbons (Fsp3) is 0.857. The molecule has 0 aliphatic heterocycles. The van der Waals surface area contributed by atoms with E-state index < -0.39 is 5.41 Å². The zero-order chi connectivity index (χ0) is 13.9. The molecule has 2 aliphatic rings. The zero-order valence-electron chi connectivity index (χ0n) is 11.6. The molecule has 1 amide bonds. The standard InChI is InChI=1S/C14H24N2OS2/c1-19-11-6-4-5-10(9-11)16-13(17)14(12(15)18)7-2-3-8-14/h10-11H,2-9H2,1H3,(H2,15,18)(H,16,17). The first-order valence-electron chi connectivity index (χ1n) is 7.22. The molecule has 2 saturated carbocycles. The number of thioether (sulfide) groups is 1. The summed E-state index contributed by atoms with van der Waals surface area (Å²) in [6.45, 7) is 0. The first-order chi connectivity index (χ1) is 9.08. The van der Waals surface area contributed by atoms with E-state index in [1.54, 1.807) is 0 Å². The van der Waals surface area contributed by atoms with Gasteiger partial charge in [-0.1, -0.05) is 31.5 Å². The van der Waals surface area contributed by atoms with Crippen LogP contribution >= 0.6 is 24.0 Å². The molecule has 2 rings (SSSR count). The number of rotatable bonds is 4. The van der Waals surface area contributed by atoms with Gasteiger partial charge in [0.2, 0.25) is 5.91 Å². The Bertz CT molecular complexity index is 353. The maximum absolute atomic E-state index is 12.6. The van der Waals surface area contributed by atoms with Crippen molar-refractivity contribution < 1.29 is 4.79 Å². The first kappa shape index (κ1) is 15.1. The van der Waals surface area contributed by atoms with Gasteiger partial charge in [0.1, 0.15) is 0 Å². The Labute approximate surface area is 125 Å². The molecule has 0 aromatic carbocycles. The summed E-state index contributed by atoms with van der Waals surface area (Å²) in [6.07, 6.45) is 10.6. The van der Waals surface area contributed by atoms with E-state index in [4.69, 9.17) is 18.0 Å². The normalized spacial score (nSPS) is 29.9. The van der Waals surface area contributed by atoms with Gasteiger partial charge in [0, 0.05) is 11.3 Å². The van der Waals surface area contributed by atoms with E-state index in [0.29, 0.717) is 16.3 Å². The van der Waals surface area contributed by atoms with Gasteiger partial charge < -0.3 is 11.1 Å². The Hall–Kier alpha value is -0.290. The molecule has 0 aromatic heterocycles. The number of nitrogens with two attached hydrogens (primary N) is 1. The van der Waals surface area contributed by atoms with Crippen molar-refractivity contribution in [3.05, 3.63) is 0 Å². The van der Waals surface area contributed by atoms with E-state index in [2.05, 4.69) is 11.6 Å². The summed E-state index contributed by atoms with van der Waals surface area (Å²) >= 11 is 7.08. The Balaban J connectivity index is 1.97. The molecule has 0 radical (unpaired) electrons. The van der Waals surface area contributed by atoms with Crippen molar-refractivity contribution in [1.29, 1.82) is 0 Å². The van der Waals surface area contributed by atoms with E-state index in [-0.39, 0.29) is 5.91 Å². The lowest BCUT2D eigenvalue weighted by Crippen LogP contribution is -2.51. The Kier molecular flexibility index (Phi) is 5.12. The number of carbonyl (C=O) groups is 1. The SMILES string of the molecule is CSC1CCCC(NC(=O)C2(C(N)=S)CCCC2)C1. The molecule has 0 bridgehead atoms. The minimum absolute atomic E-state index is 0.0873. The molecule has 3 N–H and O–H groups in total. The largest absolute Gasteiger partial charge is 0.392 e. The minimum atomic E-state index is -0.554. The van der Waals surface area contributed by atoms with Gasteiger partial charge in [0.05, 0.1) is 10.4 Å². The smallest absolute Gasteiger partial charge is 0.233 e. The van der Waals surface area contributed by atoms with E-state index in [9.17, 15) is 4.79 Å². The lowest BCUT2D eigenvalue weighted by molar-refractivity contribution is -0.128. The van der Waals surface area contributed by atoms with Crippen LogP contribution in [0, 0.1) is 5.41 Å². The summed E-state index contributed by atoms with van der Waals surface area (Å²) in [7, 11) is 0. The highest BCUT2D eigenvalue weighted by Gasteiger charge is 2.44. The molecule has 2 aliphatic carbocycles. The number of carbonyl (C=O) groups excluding carboxylic acids is 1. The van der Waals surface area contributed by atoms with Crippen LogP contribution in [0.25, 0.3) is 0 Å². The molecule has 2 unspecified atom stereocenters. The molecule has 0 spiro atoms. The summed E-state index contributed by atoms with van der Waals surface area (Å²) in [5, 5.41) is 3.91. The summed E-state index contributed by atoms with van der Waals surface area (Å²) < 4.78 is 0. The van der Waals surface area contributed by atoms with Crippen LogP contribution in [0.4, 0.5) is 0 Å². The van der Waals surface area contributed by atoms with Crippen LogP contribution in [0.5, 0.6) is 0 Å². The third-order valence-corrected chi connectivity index (χ3v) is 6.14. The van der Waals surface area contributed by atoms with E-state index >= 15 is 0 Å². The minimum Gasteiger partial charge on any atom is -0.392 e. The number of thiocarbonyl (C=S) groups is 1. The van der Waals surface area contributed by atoms with Gasteiger partial charge >= 0.3 is 0 Å². The highest BCUT2D eigenvalue weighted by molar-refractivity contribution is 7.99. The second-order valence-corrected chi connectivity index (χ2v) is 7.43. The van der Waals surface area contributed by atoms with Crippen LogP contribution in [0.2, 0.25) is 0 Å². The van der Waals surface area contributed by atoms with Gasteiger partial charge in [-0.2, -0.15) is 11.8 Å². The van der Waals surface area contributed by atoms with E-state index in [0.717, 1.165) is 38.5 Å². The predicted octanol–water partition coefficient (Wildman–Crippen LogP) is 2.62. The molecular weight excluding hydrogens is 276 g/mol. The van der Waals surface area contributed by atoms with Crippen LogP contribution in [0.3, 0.4) is 0 Å². The van der Waals surface area contributed by atoms with Crippen molar-refractivity contribution in [2.24, 2.45) is 11.1 Å². The van der Waals surface area contributed by atoms with Gasteiger partial charge in [-0.15, -0.1) is 0 Å². The van der Waals surface area contributed by atoms with Crippen molar-refractivity contribution in [1.82, 2.24) is 5.32 Å². The molecule has 19 heavy (non-hydrogen) atoms. The molecular formula is C14H24N2OS2. The monoisotopic (exact) mass is 300 g/mol. The molecule has 0 heterocycles. The number of amides is 1. The summed E-state index contributed by atoms with van der Waals surface area (Å²) in [4.78, 5) is 13.0. The number of hydrogen-bond donors (Lipinski definition) is 2. The maximum atomic E-state index is 12.6. The second kappa shape index (κ2) is 6.44. The predicted molar refractivity (Wildman–Crippen MR) is 85.4 cm³/mol. The maximum Gasteiger partial charge on any atom is 0.233 e. The van der Waals surface area contributed by atoms with Gasteiger partial charge in [0.25, 0.3) is 0 Å². The topological polar surface area (TPSA) is 55.1 Å². The van der Waals surface area contributed by atoms with Gasteiger partial charge in [-0.25, -0.2) is 0 Å². The fourth-order valence-corrected chi connectivity index (χ4v) is 4.50. The van der Waals surface area contributed by atoms with Crippen molar-refractivity contribution in [3.63, 3.8) is 0 Å². The summed E-state index contributed by atoms with van der Waals surface area (Å²) in [5.41, 5.74) is 5.30. The molecule has 2 fully saturated rings. The fourth-order valence-electron chi connectivity index (χ4n) is 3.38. The third-order valence-electron chi connectivity index (χ3n) is 4.66. The average Bonchev–Trinajstić information content (AvgIpc) is 2.89. The number of hydrogen-bond acceptors (Lipinski definition) is 3. The average molecular weight is 300 g/mol. The quantitative estimate of drug-likeness (QED) is 0.784.